The van der Waals surface area contributed by atoms with Crippen molar-refractivity contribution in [3.05, 3.63) is 0 Å². The number of alkyl halides is 1. The van der Waals surface area contributed by atoms with Gasteiger partial charge in [-0.3, -0.25) is 4.79 Å². The van der Waals surface area contributed by atoms with Crippen LogP contribution in [0.5, 0.6) is 0 Å². The van der Waals surface area contributed by atoms with Crippen molar-refractivity contribution in [1.82, 2.24) is 5.32 Å². The van der Waals surface area contributed by atoms with Crippen LogP contribution < -0.4 is 5.32 Å². The second kappa shape index (κ2) is 3.67. The van der Waals surface area contributed by atoms with Gasteiger partial charge in [0.15, 0.2) is 0 Å². The zero-order valence-corrected chi connectivity index (χ0v) is 6.22. The van der Waals surface area contributed by atoms with Gasteiger partial charge in [0.05, 0.1) is 6.42 Å². The molecule has 0 spiro atoms. The molecule has 1 saturated heterocycles. The molecule has 0 aromatic carbocycles. The molecule has 0 aromatic heterocycles. The van der Waals surface area contributed by atoms with E-state index in [9.17, 15) is 9.18 Å². The monoisotopic (exact) mass is 161 g/mol. The number of hydrogen-bond donors (Lipinski definition) is 2. The van der Waals surface area contributed by atoms with Gasteiger partial charge in [-0.15, -0.1) is 0 Å². The maximum absolute atomic E-state index is 12.9. The summed E-state index contributed by atoms with van der Waals surface area (Å²) in [4.78, 5) is 10.2. The van der Waals surface area contributed by atoms with Crippen molar-refractivity contribution in [2.24, 2.45) is 5.92 Å². The molecule has 4 heteroatoms. The van der Waals surface area contributed by atoms with Crippen molar-refractivity contribution in [1.29, 1.82) is 0 Å². The Morgan fingerprint density at radius 3 is 3.00 bits per heavy atom. The largest absolute Gasteiger partial charge is 0.481 e. The Balaban J connectivity index is 2.35. The molecular formula is C7H12FNO2. The van der Waals surface area contributed by atoms with Crippen LogP contribution in [0, 0.1) is 5.92 Å². The van der Waals surface area contributed by atoms with Gasteiger partial charge >= 0.3 is 5.97 Å². The van der Waals surface area contributed by atoms with Crippen LogP contribution in [0.25, 0.3) is 0 Å². The van der Waals surface area contributed by atoms with E-state index in [2.05, 4.69) is 5.32 Å². The van der Waals surface area contributed by atoms with Crippen molar-refractivity contribution in [2.75, 3.05) is 13.1 Å². The van der Waals surface area contributed by atoms with Crippen LogP contribution in [0.3, 0.4) is 0 Å². The molecule has 3 nitrogen and oxygen atoms in total. The van der Waals surface area contributed by atoms with Gasteiger partial charge in [-0.2, -0.15) is 0 Å². The zero-order chi connectivity index (χ0) is 8.27. The predicted molar refractivity (Wildman–Crippen MR) is 38.1 cm³/mol. The Hall–Kier alpha value is -0.640. The third-order valence-corrected chi connectivity index (χ3v) is 1.95. The lowest BCUT2D eigenvalue weighted by Crippen LogP contribution is -2.38. The molecular weight excluding hydrogens is 149 g/mol. The van der Waals surface area contributed by atoms with Crippen molar-refractivity contribution in [3.63, 3.8) is 0 Å². The van der Waals surface area contributed by atoms with E-state index in [4.69, 9.17) is 5.11 Å². The summed E-state index contributed by atoms with van der Waals surface area (Å²) in [5, 5.41) is 11.4. The average molecular weight is 161 g/mol. The average Bonchev–Trinajstić information content (AvgIpc) is 1.93. The van der Waals surface area contributed by atoms with Gasteiger partial charge in [-0.05, 0) is 13.0 Å². The Labute approximate surface area is 64.6 Å². The number of aliphatic carboxylic acids is 1. The van der Waals surface area contributed by atoms with Gasteiger partial charge in [0.25, 0.3) is 0 Å². The number of hydrogen-bond acceptors (Lipinski definition) is 2. The Kier molecular flexibility index (Phi) is 2.82. The fraction of sp³-hybridized carbons (Fsp3) is 0.857. The van der Waals surface area contributed by atoms with Crippen LogP contribution in [0.15, 0.2) is 0 Å². The van der Waals surface area contributed by atoms with Crippen molar-refractivity contribution in [2.45, 2.75) is 19.0 Å². The number of carbonyl (C=O) groups is 1. The van der Waals surface area contributed by atoms with Crippen LogP contribution in [-0.2, 0) is 4.79 Å². The van der Waals surface area contributed by atoms with Crippen LogP contribution in [0.2, 0.25) is 0 Å². The first-order chi connectivity index (χ1) is 5.20. The third kappa shape index (κ3) is 2.46. The molecule has 1 fully saturated rings. The number of halogens is 1. The number of carboxylic acid groups (broad SMARTS) is 1. The van der Waals surface area contributed by atoms with E-state index in [1.54, 1.807) is 0 Å². The maximum Gasteiger partial charge on any atom is 0.303 e. The fourth-order valence-corrected chi connectivity index (χ4v) is 1.32. The summed E-state index contributed by atoms with van der Waals surface area (Å²) < 4.78 is 12.9. The van der Waals surface area contributed by atoms with E-state index in [1.165, 1.54) is 0 Å². The molecule has 1 aliphatic heterocycles. The second-order valence-corrected chi connectivity index (χ2v) is 2.87. The SMILES string of the molecule is O=C(O)C[C@@H]1CNCC[C@H]1F. The van der Waals surface area contributed by atoms with Gasteiger partial charge in [-0.25, -0.2) is 4.39 Å². The zero-order valence-electron chi connectivity index (χ0n) is 6.22. The molecule has 0 saturated carbocycles. The minimum absolute atomic E-state index is 0.0613. The molecule has 0 aromatic rings. The number of nitrogens with one attached hydrogen (secondary N) is 1. The minimum Gasteiger partial charge on any atom is -0.481 e. The summed E-state index contributed by atoms with van der Waals surface area (Å²) in [7, 11) is 0. The summed E-state index contributed by atoms with van der Waals surface area (Å²) in [6.07, 6.45) is -0.557. The second-order valence-electron chi connectivity index (χ2n) is 2.87. The number of carboxylic acids is 1. The molecule has 0 unspecified atom stereocenters. The molecule has 1 aliphatic rings. The van der Waals surface area contributed by atoms with E-state index in [1.807, 2.05) is 0 Å². The lowest BCUT2D eigenvalue weighted by Gasteiger charge is -2.25. The highest BCUT2D eigenvalue weighted by Gasteiger charge is 2.26. The molecule has 0 aliphatic carbocycles. The van der Waals surface area contributed by atoms with E-state index < -0.39 is 12.1 Å². The summed E-state index contributed by atoms with van der Waals surface area (Å²) in [6, 6.07) is 0. The van der Waals surface area contributed by atoms with Gasteiger partial charge in [0.1, 0.15) is 6.17 Å². The summed E-state index contributed by atoms with van der Waals surface area (Å²) in [6.45, 7) is 1.16. The summed E-state index contributed by atoms with van der Waals surface area (Å²) in [5.41, 5.74) is 0. The normalized spacial score (nSPS) is 31.7. The van der Waals surface area contributed by atoms with Gasteiger partial charge in [0, 0.05) is 12.5 Å². The number of piperidine rings is 1. The Morgan fingerprint density at radius 1 is 1.73 bits per heavy atom. The van der Waals surface area contributed by atoms with Crippen LogP contribution >= 0.6 is 0 Å². The van der Waals surface area contributed by atoms with Gasteiger partial charge in [-0.1, -0.05) is 0 Å². The van der Waals surface area contributed by atoms with E-state index in [0.29, 0.717) is 19.5 Å². The van der Waals surface area contributed by atoms with E-state index >= 15 is 0 Å². The van der Waals surface area contributed by atoms with Crippen molar-refractivity contribution < 1.29 is 14.3 Å². The van der Waals surface area contributed by atoms with E-state index in [0.717, 1.165) is 0 Å². The molecule has 1 heterocycles. The smallest absolute Gasteiger partial charge is 0.303 e. The standard InChI is InChI=1S/C7H12FNO2/c8-6-1-2-9-4-5(6)3-7(10)11/h5-6,9H,1-4H2,(H,10,11)/t5-,6-/m1/s1. The highest BCUT2D eigenvalue weighted by Crippen LogP contribution is 2.17. The molecule has 11 heavy (non-hydrogen) atoms. The highest BCUT2D eigenvalue weighted by atomic mass is 19.1. The lowest BCUT2D eigenvalue weighted by molar-refractivity contribution is -0.138. The van der Waals surface area contributed by atoms with E-state index in [-0.39, 0.29) is 12.3 Å². The molecule has 0 bridgehead atoms. The quantitative estimate of drug-likeness (QED) is 0.616. The van der Waals surface area contributed by atoms with Gasteiger partial charge < -0.3 is 10.4 Å². The maximum atomic E-state index is 12.9. The summed E-state index contributed by atoms with van der Waals surface area (Å²) >= 11 is 0. The van der Waals surface area contributed by atoms with Gasteiger partial charge in [0.2, 0.25) is 0 Å². The topological polar surface area (TPSA) is 49.3 Å². The van der Waals surface area contributed by atoms with Crippen LogP contribution in [0.1, 0.15) is 12.8 Å². The first kappa shape index (κ1) is 8.46. The fourth-order valence-electron chi connectivity index (χ4n) is 1.32. The van der Waals surface area contributed by atoms with Crippen molar-refractivity contribution in [3.8, 4) is 0 Å². The number of rotatable bonds is 2. The lowest BCUT2D eigenvalue weighted by atomic mass is 9.94. The van der Waals surface area contributed by atoms with Crippen molar-refractivity contribution >= 4 is 5.97 Å². The minimum atomic E-state index is -0.938. The molecule has 0 amide bonds. The molecule has 0 radical (unpaired) electrons. The molecule has 1 rings (SSSR count). The molecule has 2 atom stereocenters. The van der Waals surface area contributed by atoms with Crippen LogP contribution in [-0.4, -0.2) is 30.3 Å². The highest BCUT2D eigenvalue weighted by molar-refractivity contribution is 5.67. The Bertz CT molecular complexity index is 151. The Morgan fingerprint density at radius 2 is 2.45 bits per heavy atom. The molecule has 2 N–H and O–H groups in total. The van der Waals surface area contributed by atoms with Crippen LogP contribution in [0.4, 0.5) is 4.39 Å². The first-order valence-electron chi connectivity index (χ1n) is 3.76. The summed E-state index contributed by atoms with van der Waals surface area (Å²) in [5.74, 6) is -1.25. The predicted octanol–water partition coefficient (Wildman–Crippen LogP) is 0.409. The molecule has 64 valence electrons. The first-order valence-corrected chi connectivity index (χ1v) is 3.76. The third-order valence-electron chi connectivity index (χ3n) is 1.95.